The Hall–Kier alpha value is -6.00. The van der Waals surface area contributed by atoms with Crippen molar-refractivity contribution in [2.24, 2.45) is 0 Å². The molecule has 0 unspecified atom stereocenters. The van der Waals surface area contributed by atoms with Crippen LogP contribution in [0.1, 0.15) is 136 Å². The predicted octanol–water partition coefficient (Wildman–Crippen LogP) is 10.1. The molecule has 9 rings (SSSR count). The maximum absolute atomic E-state index is 14.5. The van der Waals surface area contributed by atoms with E-state index >= 15 is 0 Å². The van der Waals surface area contributed by atoms with Gasteiger partial charge in [0.25, 0.3) is 23.6 Å². The number of imide groups is 2. The molecule has 0 saturated carbocycles. The van der Waals surface area contributed by atoms with Gasteiger partial charge < -0.3 is 4.90 Å². The molecular weight excluding hydrogens is 749 g/mol. The van der Waals surface area contributed by atoms with E-state index in [1.807, 2.05) is 98.0 Å². The highest BCUT2D eigenvalue weighted by molar-refractivity contribution is 6.41. The van der Waals surface area contributed by atoms with Crippen molar-refractivity contribution in [3.05, 3.63) is 118 Å². The van der Waals surface area contributed by atoms with Crippen molar-refractivity contribution >= 4 is 66.7 Å². The van der Waals surface area contributed by atoms with Gasteiger partial charge in [0.1, 0.15) is 0 Å². The number of nitrogens with zero attached hydrogens (tertiary/aromatic N) is 6. The Bertz CT molecular complexity index is 2670. The van der Waals surface area contributed by atoms with Gasteiger partial charge >= 0.3 is 0 Å². The maximum atomic E-state index is 14.5. The van der Waals surface area contributed by atoms with Gasteiger partial charge in [-0.15, -0.1) is 5.10 Å². The first kappa shape index (κ1) is 39.5. The molecule has 4 amide bonds. The molecule has 1 aromatic heterocycles. The Labute approximate surface area is 350 Å². The molecule has 0 radical (unpaired) electrons. The van der Waals surface area contributed by atoms with Gasteiger partial charge in [-0.1, -0.05) is 119 Å². The van der Waals surface area contributed by atoms with Gasteiger partial charge in [0.2, 0.25) is 0 Å². The van der Waals surface area contributed by atoms with Crippen molar-refractivity contribution in [1.29, 1.82) is 0 Å². The van der Waals surface area contributed by atoms with E-state index in [9.17, 15) is 19.2 Å². The lowest BCUT2D eigenvalue weighted by Gasteiger charge is -2.35. The molecule has 0 aliphatic carbocycles. The molecule has 0 N–H and O–H groups in total. The van der Waals surface area contributed by atoms with Crippen LogP contribution < -0.4 is 0 Å². The number of hydrogen-bond acceptors (Lipinski definition) is 7. The SMILES string of the molecule is CCCCCCC(CCCCCC)N1C(=O)c2ccc3c4ccc5c6c(ccc(c7ccc(c2c37)C1=O)c64)C(=O)N(Cc1ccc(Cn2cc(CN(C)C)nn2)cc1)C5=O. The van der Waals surface area contributed by atoms with E-state index in [-0.39, 0.29) is 36.2 Å². The van der Waals surface area contributed by atoms with Crippen LogP contribution in [0.3, 0.4) is 0 Å². The van der Waals surface area contributed by atoms with Crippen LogP contribution in [-0.2, 0) is 19.6 Å². The third-order valence-electron chi connectivity index (χ3n) is 12.7. The number of carbonyl (C=O) groups is 4. The summed E-state index contributed by atoms with van der Waals surface area (Å²) in [4.78, 5) is 62.5. The third-order valence-corrected chi connectivity index (χ3v) is 12.7. The Kier molecular flexibility index (Phi) is 10.7. The first-order valence-corrected chi connectivity index (χ1v) is 21.7. The summed E-state index contributed by atoms with van der Waals surface area (Å²) in [7, 11) is 3.99. The molecule has 2 aliphatic heterocycles. The van der Waals surface area contributed by atoms with Crippen molar-refractivity contribution < 1.29 is 19.2 Å². The summed E-state index contributed by atoms with van der Waals surface area (Å²) in [6.45, 7) is 5.80. The van der Waals surface area contributed by atoms with Crippen molar-refractivity contribution in [1.82, 2.24) is 29.7 Å². The number of unbranched alkanes of at least 4 members (excludes halogenated alkanes) is 6. The summed E-state index contributed by atoms with van der Waals surface area (Å²) >= 11 is 0. The molecule has 0 spiro atoms. The van der Waals surface area contributed by atoms with Crippen LogP contribution in [0.2, 0.25) is 0 Å². The van der Waals surface area contributed by atoms with Crippen LogP contribution in [0.25, 0.3) is 43.1 Å². The quantitative estimate of drug-likeness (QED) is 0.0390. The molecule has 3 heterocycles. The standard InChI is InChI=1S/C50H52N6O4/c1-5-7-9-11-13-34(14-12-10-8-6-2)56-49(59)41-25-21-37-35-19-23-39-45-40(24-20-36(43(35)45)38-22-26-42(50(56)60)46(41)44(37)38)48(58)55(47(39)57)28-32-17-15-31(16-18-32)27-54-30-33(51-52-54)29-53(3)4/h15-26,30,34H,5-14,27-29H2,1-4H3. The van der Waals surface area contributed by atoms with Crippen LogP contribution in [0.5, 0.6) is 0 Å². The zero-order valence-electron chi connectivity index (χ0n) is 35.1. The minimum Gasteiger partial charge on any atom is -0.303 e. The lowest BCUT2D eigenvalue weighted by Crippen LogP contribution is -2.47. The topological polar surface area (TPSA) is 109 Å². The maximum Gasteiger partial charge on any atom is 0.261 e. The normalized spacial score (nSPS) is 14.2. The average molecular weight is 801 g/mol. The molecule has 6 aromatic carbocycles. The Balaban J connectivity index is 1.04. The van der Waals surface area contributed by atoms with Crippen molar-refractivity contribution in [2.75, 3.05) is 14.1 Å². The van der Waals surface area contributed by atoms with E-state index in [4.69, 9.17) is 0 Å². The largest absolute Gasteiger partial charge is 0.303 e. The van der Waals surface area contributed by atoms with Crippen molar-refractivity contribution in [3.63, 3.8) is 0 Å². The summed E-state index contributed by atoms with van der Waals surface area (Å²) in [5.41, 5.74) is 4.87. The second kappa shape index (κ2) is 16.2. The van der Waals surface area contributed by atoms with Gasteiger partial charge in [-0.3, -0.25) is 29.0 Å². The Morgan fingerprint density at radius 3 is 1.43 bits per heavy atom. The molecule has 0 saturated heterocycles. The summed E-state index contributed by atoms with van der Waals surface area (Å²) in [6, 6.07) is 23.1. The summed E-state index contributed by atoms with van der Waals surface area (Å²) < 4.78 is 1.81. The third kappa shape index (κ3) is 6.80. The van der Waals surface area contributed by atoms with Crippen LogP contribution in [0.4, 0.5) is 0 Å². The van der Waals surface area contributed by atoms with Crippen LogP contribution >= 0.6 is 0 Å². The first-order valence-electron chi connectivity index (χ1n) is 21.7. The van der Waals surface area contributed by atoms with Crippen LogP contribution in [0, 0.1) is 0 Å². The fraction of sp³-hybridized carbons (Fsp3) is 0.360. The highest BCUT2D eigenvalue weighted by atomic mass is 16.2. The van der Waals surface area contributed by atoms with Gasteiger partial charge in [0.15, 0.2) is 0 Å². The number of fused-ring (bicyclic) bond motifs is 2. The summed E-state index contributed by atoms with van der Waals surface area (Å²) in [5.74, 6) is -1.08. The molecule has 7 aromatic rings. The van der Waals surface area contributed by atoms with Crippen LogP contribution in [-0.4, -0.2) is 73.5 Å². The van der Waals surface area contributed by atoms with E-state index in [1.165, 1.54) is 4.90 Å². The second-order valence-electron chi connectivity index (χ2n) is 17.1. The van der Waals surface area contributed by atoms with Gasteiger partial charge in [-0.05, 0) is 94.6 Å². The minimum absolute atomic E-state index is 0.132. The van der Waals surface area contributed by atoms with Gasteiger partial charge in [-0.2, -0.15) is 0 Å². The average Bonchev–Trinajstić information content (AvgIpc) is 3.68. The minimum atomic E-state index is -0.331. The fourth-order valence-corrected chi connectivity index (χ4v) is 9.76. The molecule has 10 heteroatoms. The van der Waals surface area contributed by atoms with E-state index in [1.54, 1.807) is 9.58 Å². The first-order chi connectivity index (χ1) is 29.2. The molecule has 60 heavy (non-hydrogen) atoms. The highest BCUT2D eigenvalue weighted by Gasteiger charge is 2.39. The molecule has 10 nitrogen and oxygen atoms in total. The van der Waals surface area contributed by atoms with Crippen LogP contribution in [0.15, 0.2) is 79.0 Å². The van der Waals surface area contributed by atoms with Crippen molar-refractivity contribution in [2.45, 2.75) is 104 Å². The Morgan fingerprint density at radius 1 is 0.533 bits per heavy atom. The number of rotatable bonds is 17. The summed E-state index contributed by atoms with van der Waals surface area (Å²) in [6.07, 6.45) is 12.3. The number of aromatic nitrogens is 3. The zero-order chi connectivity index (χ0) is 41.7. The smallest absolute Gasteiger partial charge is 0.261 e. The van der Waals surface area contributed by atoms with Gasteiger partial charge in [0, 0.05) is 45.6 Å². The molecule has 306 valence electrons. The summed E-state index contributed by atoms with van der Waals surface area (Å²) in [5, 5.41) is 15.2. The highest BCUT2D eigenvalue weighted by Crippen LogP contribution is 2.46. The monoisotopic (exact) mass is 800 g/mol. The zero-order valence-corrected chi connectivity index (χ0v) is 35.1. The van der Waals surface area contributed by atoms with Gasteiger partial charge in [0.05, 0.1) is 25.0 Å². The Morgan fingerprint density at radius 2 is 0.983 bits per heavy atom. The number of amides is 4. The van der Waals surface area contributed by atoms with Gasteiger partial charge in [-0.25, -0.2) is 4.68 Å². The molecule has 0 atom stereocenters. The van der Waals surface area contributed by atoms with E-state index in [0.29, 0.717) is 46.1 Å². The number of carbonyl (C=O) groups excluding carboxylic acids is 4. The predicted molar refractivity (Wildman–Crippen MR) is 237 cm³/mol. The molecule has 0 fully saturated rings. The second-order valence-corrected chi connectivity index (χ2v) is 17.1. The van der Waals surface area contributed by atoms with E-state index in [2.05, 4.69) is 24.2 Å². The van der Waals surface area contributed by atoms with Crippen molar-refractivity contribution in [3.8, 4) is 0 Å². The lowest BCUT2D eigenvalue weighted by atomic mass is 9.82. The number of benzene rings is 6. The number of hydrogen-bond donors (Lipinski definition) is 0. The molecular formula is C50H52N6O4. The lowest BCUT2D eigenvalue weighted by molar-refractivity contribution is 0.0514. The molecule has 0 bridgehead atoms. The van der Waals surface area contributed by atoms with E-state index < -0.39 is 0 Å². The van der Waals surface area contributed by atoms with E-state index in [0.717, 1.165) is 113 Å². The fourth-order valence-electron chi connectivity index (χ4n) is 9.76. The molecule has 2 aliphatic rings.